The Balaban J connectivity index is 1.59. The van der Waals surface area contributed by atoms with Crippen LogP contribution in [-0.2, 0) is 0 Å². The molecule has 3 aliphatic rings. The molecule has 7 heteroatoms. The fraction of sp³-hybridized carbons (Fsp3) is 0.542. The molecule has 2 heterocycles. The SMILES string of the molecule is Cc1c(N2CC3CCCC3(NCCC#N)C2)c(C2CC2)cc2c(=O)c(C(=O)O)c[nH]c12. The minimum atomic E-state index is -1.20. The van der Waals surface area contributed by atoms with E-state index in [1.165, 1.54) is 30.3 Å². The van der Waals surface area contributed by atoms with Crippen molar-refractivity contribution >= 4 is 22.6 Å². The van der Waals surface area contributed by atoms with E-state index < -0.39 is 11.4 Å². The van der Waals surface area contributed by atoms with Crippen molar-refractivity contribution in [2.45, 2.75) is 56.9 Å². The lowest BCUT2D eigenvalue weighted by molar-refractivity contribution is 0.0695. The van der Waals surface area contributed by atoms with Crippen molar-refractivity contribution in [3.05, 3.63) is 39.2 Å². The van der Waals surface area contributed by atoms with E-state index in [1.54, 1.807) is 0 Å². The second-order valence-corrected chi connectivity index (χ2v) is 9.43. The maximum Gasteiger partial charge on any atom is 0.341 e. The zero-order chi connectivity index (χ0) is 21.8. The molecule has 2 aromatic rings. The van der Waals surface area contributed by atoms with Crippen LogP contribution in [0.2, 0.25) is 0 Å². The second kappa shape index (κ2) is 7.38. The number of carboxylic acids is 1. The molecular weight excluding hydrogens is 392 g/mol. The summed E-state index contributed by atoms with van der Waals surface area (Å²) in [5, 5.41) is 22.5. The molecule has 1 aromatic heterocycles. The predicted octanol–water partition coefficient (Wildman–Crippen LogP) is 3.27. The lowest BCUT2D eigenvalue weighted by Gasteiger charge is -2.31. The Morgan fingerprint density at radius 2 is 2.23 bits per heavy atom. The summed E-state index contributed by atoms with van der Waals surface area (Å²) in [6.45, 7) is 4.65. The van der Waals surface area contributed by atoms with Gasteiger partial charge in [0.2, 0.25) is 5.43 Å². The van der Waals surface area contributed by atoms with Crippen molar-refractivity contribution < 1.29 is 9.90 Å². The van der Waals surface area contributed by atoms with E-state index in [4.69, 9.17) is 5.26 Å². The number of rotatable bonds is 6. The highest BCUT2D eigenvalue weighted by Crippen LogP contribution is 2.50. The van der Waals surface area contributed by atoms with E-state index in [0.717, 1.165) is 50.0 Å². The van der Waals surface area contributed by atoms with Crippen LogP contribution in [-0.4, -0.2) is 41.2 Å². The van der Waals surface area contributed by atoms with Gasteiger partial charge in [-0.25, -0.2) is 4.79 Å². The fourth-order valence-electron chi connectivity index (χ4n) is 5.95. The molecule has 2 atom stereocenters. The first-order valence-corrected chi connectivity index (χ1v) is 11.2. The average Bonchev–Trinajstić information content (AvgIpc) is 3.42. The first-order chi connectivity index (χ1) is 14.9. The molecule has 2 unspecified atom stereocenters. The molecular formula is C24H28N4O3. The molecule has 7 nitrogen and oxygen atoms in total. The number of nitrogens with one attached hydrogen (secondary N) is 2. The number of carboxylic acid groups (broad SMARTS) is 1. The van der Waals surface area contributed by atoms with Crippen LogP contribution >= 0.6 is 0 Å². The first kappa shape index (κ1) is 20.1. The average molecular weight is 421 g/mol. The summed E-state index contributed by atoms with van der Waals surface area (Å²) in [5.74, 6) is -0.202. The monoisotopic (exact) mass is 420 g/mol. The number of hydrogen-bond acceptors (Lipinski definition) is 5. The van der Waals surface area contributed by atoms with Gasteiger partial charge in [-0.05, 0) is 61.6 Å². The third-order valence-corrected chi connectivity index (χ3v) is 7.57. The van der Waals surface area contributed by atoms with Crippen LogP contribution in [0.4, 0.5) is 5.69 Å². The molecule has 2 aliphatic carbocycles. The fourth-order valence-corrected chi connectivity index (χ4v) is 5.95. The van der Waals surface area contributed by atoms with Crippen molar-refractivity contribution in [3.63, 3.8) is 0 Å². The normalized spacial score (nSPS) is 25.0. The zero-order valence-corrected chi connectivity index (χ0v) is 17.8. The number of pyridine rings is 1. The first-order valence-electron chi connectivity index (χ1n) is 11.2. The molecule has 3 fully saturated rings. The third-order valence-electron chi connectivity index (χ3n) is 7.57. The molecule has 5 rings (SSSR count). The van der Waals surface area contributed by atoms with Gasteiger partial charge < -0.3 is 20.3 Å². The number of carbonyl (C=O) groups is 1. The van der Waals surface area contributed by atoms with Crippen LogP contribution in [0.1, 0.15) is 65.9 Å². The summed E-state index contributed by atoms with van der Waals surface area (Å²) in [7, 11) is 0. The largest absolute Gasteiger partial charge is 0.477 e. The van der Waals surface area contributed by atoms with E-state index in [9.17, 15) is 14.7 Å². The summed E-state index contributed by atoms with van der Waals surface area (Å²) in [6.07, 6.45) is 7.60. The highest BCUT2D eigenvalue weighted by Gasteiger charge is 2.50. The highest BCUT2D eigenvalue weighted by atomic mass is 16.4. The topological polar surface area (TPSA) is 109 Å². The molecule has 1 aromatic carbocycles. The van der Waals surface area contributed by atoms with Gasteiger partial charge in [0, 0.05) is 48.9 Å². The summed E-state index contributed by atoms with van der Waals surface area (Å²) in [4.78, 5) is 29.9. The number of hydrogen-bond donors (Lipinski definition) is 3. The quantitative estimate of drug-likeness (QED) is 0.619. The van der Waals surface area contributed by atoms with Crippen LogP contribution in [0, 0.1) is 24.2 Å². The molecule has 0 bridgehead atoms. The molecule has 1 saturated heterocycles. The molecule has 0 spiro atoms. The van der Waals surface area contributed by atoms with Gasteiger partial charge in [-0.3, -0.25) is 4.79 Å². The maximum absolute atomic E-state index is 12.9. The van der Waals surface area contributed by atoms with Crippen molar-refractivity contribution in [2.24, 2.45) is 5.92 Å². The zero-order valence-electron chi connectivity index (χ0n) is 17.8. The summed E-state index contributed by atoms with van der Waals surface area (Å²) >= 11 is 0. The van der Waals surface area contributed by atoms with Crippen LogP contribution in [0.25, 0.3) is 10.9 Å². The maximum atomic E-state index is 12.9. The number of aryl methyl sites for hydroxylation is 1. The van der Waals surface area contributed by atoms with Crippen molar-refractivity contribution in [1.82, 2.24) is 10.3 Å². The smallest absolute Gasteiger partial charge is 0.341 e. The van der Waals surface area contributed by atoms with E-state index >= 15 is 0 Å². The number of nitrogens with zero attached hydrogens (tertiary/aromatic N) is 2. The Kier molecular flexibility index (Phi) is 4.78. The van der Waals surface area contributed by atoms with E-state index in [-0.39, 0.29) is 11.1 Å². The minimum Gasteiger partial charge on any atom is -0.477 e. The standard InChI is InChI=1S/C24H28N4O3/c1-14-20-18(22(29)19(11-26-20)23(30)31)10-17(15-5-6-15)21(14)28-12-16-4-2-7-24(16,13-28)27-9-3-8-25/h10-11,15-16,27H,2-7,9,12-13H2,1H3,(H,26,29)(H,30,31). The summed E-state index contributed by atoms with van der Waals surface area (Å²) in [5.41, 5.74) is 3.59. The van der Waals surface area contributed by atoms with Gasteiger partial charge in [0.25, 0.3) is 0 Å². The number of aromatic amines is 1. The predicted molar refractivity (Wildman–Crippen MR) is 119 cm³/mol. The lowest BCUT2D eigenvalue weighted by Crippen LogP contribution is -2.49. The van der Waals surface area contributed by atoms with Crippen molar-refractivity contribution in [1.29, 1.82) is 5.26 Å². The number of aromatic carboxylic acids is 1. The van der Waals surface area contributed by atoms with Gasteiger partial charge in [0.15, 0.2) is 0 Å². The molecule has 31 heavy (non-hydrogen) atoms. The molecule has 162 valence electrons. The summed E-state index contributed by atoms with van der Waals surface area (Å²) < 4.78 is 0. The number of H-pyrrole nitrogens is 1. The summed E-state index contributed by atoms with van der Waals surface area (Å²) in [6, 6.07) is 4.19. The highest BCUT2D eigenvalue weighted by molar-refractivity contribution is 5.95. The number of benzene rings is 1. The van der Waals surface area contributed by atoms with Gasteiger partial charge in [0.05, 0.1) is 11.6 Å². The van der Waals surface area contributed by atoms with Crippen molar-refractivity contribution in [2.75, 3.05) is 24.5 Å². The van der Waals surface area contributed by atoms with E-state index in [0.29, 0.717) is 23.6 Å². The third kappa shape index (κ3) is 3.21. The minimum absolute atomic E-state index is 0.0552. The second-order valence-electron chi connectivity index (χ2n) is 9.43. The van der Waals surface area contributed by atoms with Gasteiger partial charge in [-0.1, -0.05) is 6.42 Å². The Labute approximate surface area is 181 Å². The Morgan fingerprint density at radius 1 is 1.42 bits per heavy atom. The molecule has 1 aliphatic heterocycles. The van der Waals surface area contributed by atoms with Crippen LogP contribution < -0.4 is 15.6 Å². The number of nitriles is 1. The van der Waals surface area contributed by atoms with Crippen LogP contribution in [0.3, 0.4) is 0 Å². The van der Waals surface area contributed by atoms with Crippen molar-refractivity contribution in [3.8, 4) is 6.07 Å². The van der Waals surface area contributed by atoms with Crippen LogP contribution in [0.15, 0.2) is 17.1 Å². The number of aromatic nitrogens is 1. The molecule has 2 saturated carbocycles. The van der Waals surface area contributed by atoms with Gasteiger partial charge in [-0.15, -0.1) is 0 Å². The number of anilines is 1. The Hall–Kier alpha value is -2.85. The Morgan fingerprint density at radius 3 is 2.94 bits per heavy atom. The lowest BCUT2D eigenvalue weighted by atomic mass is 9.90. The van der Waals surface area contributed by atoms with Gasteiger partial charge in [0.1, 0.15) is 5.56 Å². The van der Waals surface area contributed by atoms with Gasteiger partial charge in [-0.2, -0.15) is 5.26 Å². The van der Waals surface area contributed by atoms with Gasteiger partial charge >= 0.3 is 5.97 Å². The number of fused-ring (bicyclic) bond motifs is 2. The van der Waals surface area contributed by atoms with E-state index in [1.807, 2.05) is 13.0 Å². The molecule has 0 radical (unpaired) electrons. The van der Waals surface area contributed by atoms with Crippen LogP contribution in [0.5, 0.6) is 0 Å². The molecule has 3 N–H and O–H groups in total. The van der Waals surface area contributed by atoms with E-state index in [2.05, 4.69) is 21.3 Å². The Bertz CT molecular complexity index is 1160. The molecule has 0 amide bonds.